The molecule has 4 aromatic rings. The molecule has 2 saturated heterocycles. The summed E-state index contributed by atoms with van der Waals surface area (Å²) in [4.78, 5) is 113. The first-order chi connectivity index (χ1) is 48.8. The number of carbonyl (C=O) groups is 8. The first kappa shape index (κ1) is 78.2. The number of hydrogen-bond acceptors (Lipinski definition) is 15. The predicted octanol–water partition coefficient (Wildman–Crippen LogP) is 11.3. The third kappa shape index (κ3) is 19.1. The molecule has 5 aliphatic rings. The second-order valence-electron chi connectivity index (χ2n) is 28.3. The van der Waals surface area contributed by atoms with Crippen LogP contribution in [0.3, 0.4) is 0 Å². The number of imide groups is 1. The Labute approximate surface area is 606 Å². The standard InChI is InChI=1S/C78H93F2N9O12S2/c1-10-12-36-86-64-27-17-49(3)39-62(64)76(6,7)67(86)29-21-53-15-14-16-54(22-30-68-77(8,9)63-42-61(103(98,99)100)26-28-65(63)87(68)37-13-11-2)72(53)101-60-24-18-52(19-25-60)20-31-69(92)83-35-38-88-71(94)43-66(75(88)97)102-47-56(51(5)90)41-59(91)23-32-70(93)84-46-57-40-55(33-34-82-57)73(95)85-50(4)74(96)89-48-78(79,80)44-58(89)45-81/h17-19,21-22,24-30,33-34,39-40,42,50,56,58,66H,10-16,20,23,31-32,35-38,41,43-44,46-48H2,1-9H3,(H3-,83,84,85,92,93,95,98,99,100)/p+1/t50-,56?,58+,66?/m1/s1. The summed E-state index contributed by atoms with van der Waals surface area (Å²) in [7, 11) is -4.44. The predicted molar refractivity (Wildman–Crippen MR) is 389 cm³/mol. The molecule has 4 aliphatic heterocycles. The number of anilines is 1. The van der Waals surface area contributed by atoms with E-state index in [9.17, 15) is 65.4 Å². The van der Waals surface area contributed by atoms with Crippen molar-refractivity contribution in [2.24, 2.45) is 5.92 Å². The fraction of sp³-hybridized carbons (Fsp3) is 0.474. The minimum Gasteiger partial charge on any atom is -0.457 e. The van der Waals surface area contributed by atoms with Crippen molar-refractivity contribution in [2.45, 2.75) is 198 Å². The average molecular weight is 1450 g/mol. The molecule has 9 rings (SSSR count). The summed E-state index contributed by atoms with van der Waals surface area (Å²) in [6.45, 7) is 18.4. The minimum atomic E-state index is -4.44. The Kier molecular flexibility index (Phi) is 25.5. The maximum atomic E-state index is 13.9. The molecule has 1 aromatic heterocycles. The van der Waals surface area contributed by atoms with Gasteiger partial charge >= 0.3 is 0 Å². The zero-order chi connectivity index (χ0) is 74.7. The number of pyridine rings is 1. The van der Waals surface area contributed by atoms with E-state index in [4.69, 9.17) is 4.74 Å². The number of hydrogen-bond donors (Lipinski definition) is 4. The third-order valence-electron chi connectivity index (χ3n) is 19.8. The quantitative estimate of drug-likeness (QED) is 0.0201. The molecule has 4 atom stereocenters. The first-order valence-corrected chi connectivity index (χ1v) is 37.9. The molecule has 103 heavy (non-hydrogen) atoms. The number of allylic oxidation sites excluding steroid dienone is 7. The largest absolute Gasteiger partial charge is 0.457 e. The number of fused-ring (bicyclic) bond motifs is 2. The number of ether oxygens (including phenoxy) is 1. The zero-order valence-electron chi connectivity index (χ0n) is 60.2. The van der Waals surface area contributed by atoms with Gasteiger partial charge in [-0.3, -0.25) is 52.8 Å². The van der Waals surface area contributed by atoms with Gasteiger partial charge in [0.25, 0.3) is 21.9 Å². The van der Waals surface area contributed by atoms with Crippen molar-refractivity contribution < 1.29 is 69.4 Å². The van der Waals surface area contributed by atoms with E-state index in [1.165, 1.54) is 60.8 Å². The Bertz CT molecular complexity index is 4290. The van der Waals surface area contributed by atoms with Crippen LogP contribution < -0.4 is 25.6 Å². The number of ketones is 2. The third-order valence-corrected chi connectivity index (χ3v) is 22.0. The van der Waals surface area contributed by atoms with Crippen LogP contribution in [0.5, 0.6) is 5.75 Å². The van der Waals surface area contributed by atoms with Crippen LogP contribution >= 0.6 is 11.8 Å². The normalized spacial score (nSPS) is 19.6. The van der Waals surface area contributed by atoms with E-state index in [-0.39, 0.29) is 96.5 Å². The van der Waals surface area contributed by atoms with Crippen molar-refractivity contribution in [1.29, 1.82) is 5.26 Å². The number of Topliss-reactive ketones (excluding diaryl/α,β-unsaturated/α-hetero) is 2. The van der Waals surface area contributed by atoms with E-state index in [1.54, 1.807) is 18.2 Å². The van der Waals surface area contributed by atoms with Gasteiger partial charge in [0.05, 0.1) is 40.4 Å². The Morgan fingerprint density at radius 2 is 1.61 bits per heavy atom. The molecule has 548 valence electrons. The fourth-order valence-electron chi connectivity index (χ4n) is 13.9. The van der Waals surface area contributed by atoms with Crippen molar-refractivity contribution in [3.8, 4) is 11.8 Å². The van der Waals surface area contributed by atoms with Gasteiger partial charge in [-0.25, -0.2) is 8.78 Å². The number of rotatable bonds is 32. The van der Waals surface area contributed by atoms with E-state index >= 15 is 0 Å². The smallest absolute Gasteiger partial charge is 0.294 e. The number of alkyl halides is 2. The molecule has 4 N–H and O–H groups in total. The molecule has 25 heteroatoms. The van der Waals surface area contributed by atoms with Gasteiger partial charge in [-0.05, 0) is 144 Å². The number of aryl methyl sites for hydroxylation is 2. The maximum Gasteiger partial charge on any atom is 0.294 e. The van der Waals surface area contributed by atoms with Crippen LogP contribution in [0.15, 0.2) is 131 Å². The molecule has 2 unspecified atom stereocenters. The Morgan fingerprint density at radius 1 is 0.874 bits per heavy atom. The molecule has 0 saturated carbocycles. The Morgan fingerprint density at radius 3 is 2.32 bits per heavy atom. The van der Waals surface area contributed by atoms with Crippen LogP contribution in [-0.4, -0.2) is 147 Å². The van der Waals surface area contributed by atoms with Crippen LogP contribution in [-0.2, 0) is 67.5 Å². The summed E-state index contributed by atoms with van der Waals surface area (Å²) < 4.78 is 72.0. The topological polar surface area (TPSA) is 286 Å². The summed E-state index contributed by atoms with van der Waals surface area (Å²) in [6.07, 6.45) is 15.4. The minimum absolute atomic E-state index is 0.0238. The van der Waals surface area contributed by atoms with Crippen molar-refractivity contribution in [1.82, 2.24) is 30.7 Å². The molecule has 5 heterocycles. The van der Waals surface area contributed by atoms with Gasteiger partial charge in [-0.15, -0.1) is 11.8 Å². The lowest BCUT2D eigenvalue weighted by Gasteiger charge is -2.27. The molecule has 0 radical (unpaired) electrons. The van der Waals surface area contributed by atoms with Crippen LogP contribution in [0.4, 0.5) is 20.2 Å². The molecule has 3 aromatic carbocycles. The number of amides is 6. The summed E-state index contributed by atoms with van der Waals surface area (Å²) in [6, 6.07) is 21.1. The molecular weight excluding hydrogens is 1360 g/mol. The Hall–Kier alpha value is -8.99. The van der Waals surface area contributed by atoms with Gasteiger partial charge < -0.3 is 30.5 Å². The number of unbranched alkanes of at least 4 members (excludes halogenated alkanes) is 2. The maximum absolute atomic E-state index is 13.9. The van der Waals surface area contributed by atoms with Crippen LogP contribution in [0, 0.1) is 24.2 Å². The average Bonchev–Trinajstić information content (AvgIpc) is 1.59. The summed E-state index contributed by atoms with van der Waals surface area (Å²) in [5, 5.41) is 16.4. The number of halogens is 2. The molecule has 21 nitrogen and oxygen atoms in total. The highest BCUT2D eigenvalue weighted by atomic mass is 32.2. The zero-order valence-corrected chi connectivity index (χ0v) is 61.8. The van der Waals surface area contributed by atoms with Crippen molar-refractivity contribution in [3.05, 3.63) is 159 Å². The van der Waals surface area contributed by atoms with Gasteiger partial charge in [0.15, 0.2) is 5.71 Å². The van der Waals surface area contributed by atoms with Crippen molar-refractivity contribution >= 4 is 86.0 Å². The SMILES string of the molecule is CCCCN1C(=CC=C2CCCC(C=CC3=[N+](CCCC)c4ccc(S(=O)(=O)O)cc4C3(C)C)=C2Oc2ccc(CCC(=O)NCCN3C(=O)CC(SCC(CC(=O)CCC(=O)NCc4cc(C(=O)N[C@H](C)C(=O)N5CC(F)(F)C[C@H]5C#N)ccn4)C(C)=O)C3=O)cc2)C(C)(C)c2cc(C)ccc21. The van der Waals surface area contributed by atoms with Gasteiger partial charge in [0, 0.05) is 123 Å². The highest BCUT2D eigenvalue weighted by Crippen LogP contribution is 2.49. The van der Waals surface area contributed by atoms with E-state index in [2.05, 4.69) is 121 Å². The number of aromatic nitrogens is 1. The Balaban J connectivity index is 0.770. The highest BCUT2D eigenvalue weighted by Gasteiger charge is 2.49. The fourth-order valence-corrected chi connectivity index (χ4v) is 15.7. The second kappa shape index (κ2) is 33.6. The van der Waals surface area contributed by atoms with Gasteiger partial charge in [0.2, 0.25) is 35.2 Å². The van der Waals surface area contributed by atoms with E-state index in [0.717, 1.165) is 112 Å². The summed E-state index contributed by atoms with van der Waals surface area (Å²) in [5.41, 5.74) is 10.0. The molecule has 0 bridgehead atoms. The second-order valence-corrected chi connectivity index (χ2v) is 31.0. The monoisotopic (exact) mass is 1450 g/mol. The van der Waals surface area contributed by atoms with Crippen molar-refractivity contribution in [3.63, 3.8) is 0 Å². The number of nitriles is 1. The lowest BCUT2D eigenvalue weighted by molar-refractivity contribution is -0.438. The van der Waals surface area contributed by atoms with Crippen molar-refractivity contribution in [2.75, 3.05) is 43.4 Å². The molecule has 0 spiro atoms. The van der Waals surface area contributed by atoms with E-state index < -0.39 is 87.2 Å². The van der Waals surface area contributed by atoms with Gasteiger partial charge in [-0.1, -0.05) is 76.4 Å². The molecule has 6 amide bonds. The van der Waals surface area contributed by atoms with Gasteiger partial charge in [-0.2, -0.15) is 18.3 Å². The summed E-state index contributed by atoms with van der Waals surface area (Å²) in [5.74, 6) is -6.48. The van der Waals surface area contributed by atoms with E-state index in [0.29, 0.717) is 18.7 Å². The van der Waals surface area contributed by atoms with Crippen LogP contribution in [0.2, 0.25) is 0 Å². The number of benzene rings is 3. The lowest BCUT2D eigenvalue weighted by Crippen LogP contribution is -2.48. The molecule has 2 fully saturated rings. The first-order valence-electron chi connectivity index (χ1n) is 35.4. The van der Waals surface area contributed by atoms with E-state index in [1.807, 2.05) is 24.3 Å². The van der Waals surface area contributed by atoms with Gasteiger partial charge in [0.1, 0.15) is 41.7 Å². The van der Waals surface area contributed by atoms with Crippen LogP contribution in [0.1, 0.15) is 177 Å². The summed E-state index contributed by atoms with van der Waals surface area (Å²) >= 11 is 1.10. The lowest BCUT2D eigenvalue weighted by atomic mass is 9.81. The molecular formula is C78H94F2N9O12S2+. The number of likely N-dealkylation sites (tertiary alicyclic amines) is 2. The van der Waals surface area contributed by atoms with Crippen LogP contribution in [0.25, 0.3) is 0 Å². The number of nitrogens with one attached hydrogen (secondary N) is 3. The number of thioether (sulfide) groups is 1. The number of carbonyl (C=O) groups excluding carboxylic acids is 8. The highest BCUT2D eigenvalue weighted by molar-refractivity contribution is 8.00. The molecule has 1 aliphatic carbocycles. The number of nitrogens with zero attached hydrogens (tertiary/aromatic N) is 6.